The molecule has 1 aliphatic rings. The number of hydrazone groups is 1. The van der Waals surface area contributed by atoms with Crippen LogP contribution in [0.5, 0.6) is 17.2 Å². The molecule has 6 nitrogen and oxygen atoms in total. The van der Waals surface area contributed by atoms with Crippen LogP contribution in [0.4, 0.5) is 0 Å². The monoisotopic (exact) mass is 324 g/mol. The van der Waals surface area contributed by atoms with Crippen molar-refractivity contribution in [3.63, 3.8) is 0 Å². The van der Waals surface area contributed by atoms with Crippen molar-refractivity contribution in [2.75, 3.05) is 13.4 Å². The predicted molar refractivity (Wildman–Crippen MR) is 89.8 cm³/mol. The number of fused-ring (bicyclic) bond motifs is 1. The Hall–Kier alpha value is -3.28. The van der Waals surface area contributed by atoms with Crippen LogP contribution in [0.2, 0.25) is 0 Å². The Kier molecular flexibility index (Phi) is 4.76. The van der Waals surface area contributed by atoms with Gasteiger partial charge in [-0.15, -0.1) is 0 Å². The lowest BCUT2D eigenvalue weighted by atomic mass is 10.2. The highest BCUT2D eigenvalue weighted by Gasteiger charge is 2.15. The van der Waals surface area contributed by atoms with E-state index in [1.807, 2.05) is 24.3 Å². The maximum absolute atomic E-state index is 12.1. The van der Waals surface area contributed by atoms with Gasteiger partial charge in [-0.3, -0.25) is 4.79 Å². The highest BCUT2D eigenvalue weighted by atomic mass is 16.7. The van der Waals surface area contributed by atoms with Crippen molar-refractivity contribution in [2.24, 2.45) is 5.10 Å². The normalized spacial score (nSPS) is 12.2. The second-order valence-electron chi connectivity index (χ2n) is 4.94. The lowest BCUT2D eigenvalue weighted by molar-refractivity contribution is 0.0954. The molecule has 122 valence electrons. The molecule has 0 aromatic heterocycles. The molecule has 0 unspecified atom stereocenters. The fraction of sp³-hybridized carbons (Fsp3) is 0.111. The Morgan fingerprint density at radius 1 is 1.25 bits per heavy atom. The highest BCUT2D eigenvalue weighted by molar-refractivity contribution is 5.95. The first kappa shape index (κ1) is 15.6. The van der Waals surface area contributed by atoms with Gasteiger partial charge in [0.1, 0.15) is 12.4 Å². The molecule has 0 radical (unpaired) electrons. The molecule has 1 N–H and O–H groups in total. The van der Waals surface area contributed by atoms with Gasteiger partial charge < -0.3 is 14.2 Å². The number of benzene rings is 2. The number of ether oxygens (including phenoxy) is 3. The van der Waals surface area contributed by atoms with Crippen LogP contribution in [0, 0.1) is 0 Å². The van der Waals surface area contributed by atoms with E-state index in [1.165, 1.54) is 0 Å². The summed E-state index contributed by atoms with van der Waals surface area (Å²) in [6.07, 6.45) is 3.22. The summed E-state index contributed by atoms with van der Waals surface area (Å²) in [5.41, 5.74) is 3.73. The Morgan fingerprint density at radius 2 is 2.12 bits per heavy atom. The molecule has 24 heavy (non-hydrogen) atoms. The summed E-state index contributed by atoms with van der Waals surface area (Å²) in [7, 11) is 0. The molecule has 0 fully saturated rings. The smallest absolute Gasteiger partial charge is 0.271 e. The van der Waals surface area contributed by atoms with E-state index in [4.69, 9.17) is 14.2 Å². The molecule has 1 heterocycles. The third kappa shape index (κ3) is 3.73. The molecular weight excluding hydrogens is 308 g/mol. The molecule has 0 spiro atoms. The average molecular weight is 324 g/mol. The van der Waals surface area contributed by atoms with Crippen molar-refractivity contribution in [3.8, 4) is 17.2 Å². The number of carbonyl (C=O) groups excluding carboxylic acids is 1. The van der Waals surface area contributed by atoms with Crippen molar-refractivity contribution in [1.29, 1.82) is 0 Å². The highest BCUT2D eigenvalue weighted by Crippen LogP contribution is 2.32. The van der Waals surface area contributed by atoms with Gasteiger partial charge in [0.05, 0.1) is 6.21 Å². The van der Waals surface area contributed by atoms with E-state index >= 15 is 0 Å². The second-order valence-corrected chi connectivity index (χ2v) is 4.94. The van der Waals surface area contributed by atoms with Gasteiger partial charge in [0.2, 0.25) is 6.79 Å². The first-order chi connectivity index (χ1) is 11.8. The van der Waals surface area contributed by atoms with Gasteiger partial charge in [-0.25, -0.2) is 5.43 Å². The topological polar surface area (TPSA) is 69.2 Å². The fourth-order valence-corrected chi connectivity index (χ4v) is 2.11. The maximum atomic E-state index is 12.1. The molecule has 0 saturated carbocycles. The summed E-state index contributed by atoms with van der Waals surface area (Å²) >= 11 is 0. The van der Waals surface area contributed by atoms with E-state index in [2.05, 4.69) is 17.1 Å². The van der Waals surface area contributed by atoms with Crippen LogP contribution in [-0.2, 0) is 0 Å². The largest absolute Gasteiger partial charge is 0.490 e. The van der Waals surface area contributed by atoms with Crippen molar-refractivity contribution in [3.05, 3.63) is 66.2 Å². The van der Waals surface area contributed by atoms with Gasteiger partial charge in [-0.2, -0.15) is 5.10 Å². The molecule has 0 aliphatic carbocycles. The molecule has 2 aromatic carbocycles. The first-order valence-corrected chi connectivity index (χ1v) is 7.33. The minimum Gasteiger partial charge on any atom is -0.490 e. The summed E-state index contributed by atoms with van der Waals surface area (Å²) < 4.78 is 15.9. The Bertz CT molecular complexity index is 786. The minimum absolute atomic E-state index is 0.169. The number of hydrogen-bond acceptors (Lipinski definition) is 5. The summed E-state index contributed by atoms with van der Waals surface area (Å²) in [5.74, 6) is 1.56. The number of carbonyl (C=O) groups is 1. The Morgan fingerprint density at radius 3 is 3.00 bits per heavy atom. The van der Waals surface area contributed by atoms with Crippen LogP contribution in [0.25, 0.3) is 0 Å². The van der Waals surface area contributed by atoms with E-state index in [-0.39, 0.29) is 12.7 Å². The summed E-state index contributed by atoms with van der Waals surface area (Å²) in [6, 6.07) is 12.3. The van der Waals surface area contributed by atoms with Crippen molar-refractivity contribution < 1.29 is 19.0 Å². The zero-order valence-corrected chi connectivity index (χ0v) is 12.9. The second kappa shape index (κ2) is 7.32. The quantitative estimate of drug-likeness (QED) is 0.504. The van der Waals surface area contributed by atoms with Crippen LogP contribution >= 0.6 is 0 Å². The van der Waals surface area contributed by atoms with Crippen LogP contribution in [0.15, 0.2) is 60.2 Å². The van der Waals surface area contributed by atoms with Crippen LogP contribution in [0.1, 0.15) is 15.9 Å². The van der Waals surface area contributed by atoms with Crippen LogP contribution < -0.4 is 19.6 Å². The summed E-state index contributed by atoms with van der Waals surface area (Å²) in [6.45, 7) is 4.20. The van der Waals surface area contributed by atoms with Gasteiger partial charge in [-0.1, -0.05) is 24.8 Å². The molecular formula is C18H16N2O4. The Labute approximate surface area is 139 Å². The lowest BCUT2D eigenvalue weighted by Crippen LogP contribution is -2.17. The van der Waals surface area contributed by atoms with Gasteiger partial charge in [0, 0.05) is 5.56 Å². The van der Waals surface area contributed by atoms with Gasteiger partial charge in [0.15, 0.2) is 11.5 Å². The summed E-state index contributed by atoms with van der Waals surface area (Å²) in [5, 5.41) is 3.96. The number of amides is 1. The van der Waals surface area contributed by atoms with Gasteiger partial charge >= 0.3 is 0 Å². The lowest BCUT2D eigenvalue weighted by Gasteiger charge is -2.04. The molecule has 3 rings (SSSR count). The van der Waals surface area contributed by atoms with Gasteiger partial charge in [-0.05, 0) is 35.9 Å². The first-order valence-electron chi connectivity index (χ1n) is 7.33. The molecule has 0 atom stereocenters. The van der Waals surface area contributed by atoms with Gasteiger partial charge in [0.25, 0.3) is 5.91 Å². The Balaban J connectivity index is 1.61. The predicted octanol–water partition coefficient (Wildman–Crippen LogP) is 2.74. The zero-order valence-electron chi connectivity index (χ0n) is 12.9. The zero-order chi connectivity index (χ0) is 16.8. The molecule has 1 amide bonds. The number of nitrogens with zero attached hydrogens (tertiary/aromatic N) is 1. The molecule has 6 heteroatoms. The standard InChI is InChI=1S/C18H16N2O4/c1-2-8-22-15-5-3-4-13(9-15)11-19-20-18(21)14-6-7-16-17(10-14)24-12-23-16/h2-7,9-11H,1,8,12H2,(H,20,21)/b19-11+. The fourth-order valence-electron chi connectivity index (χ4n) is 2.11. The van der Waals surface area contributed by atoms with Crippen molar-refractivity contribution in [2.45, 2.75) is 0 Å². The van der Waals surface area contributed by atoms with E-state index < -0.39 is 0 Å². The molecule has 0 bridgehead atoms. The number of rotatable bonds is 6. The third-order valence-corrected chi connectivity index (χ3v) is 3.24. The van der Waals surface area contributed by atoms with Crippen molar-refractivity contribution in [1.82, 2.24) is 5.43 Å². The van der Waals surface area contributed by atoms with Crippen molar-refractivity contribution >= 4 is 12.1 Å². The number of nitrogens with one attached hydrogen (secondary N) is 1. The van der Waals surface area contributed by atoms with E-state index in [1.54, 1.807) is 30.5 Å². The van der Waals surface area contributed by atoms with E-state index in [9.17, 15) is 4.79 Å². The third-order valence-electron chi connectivity index (χ3n) is 3.24. The molecule has 1 aliphatic heterocycles. The summed E-state index contributed by atoms with van der Waals surface area (Å²) in [4.78, 5) is 12.1. The average Bonchev–Trinajstić information content (AvgIpc) is 3.08. The van der Waals surface area contributed by atoms with Crippen LogP contribution in [0.3, 0.4) is 0 Å². The van der Waals surface area contributed by atoms with Crippen LogP contribution in [-0.4, -0.2) is 25.5 Å². The maximum Gasteiger partial charge on any atom is 0.271 e. The molecule has 2 aromatic rings. The SMILES string of the molecule is C=CCOc1cccc(/C=N/NC(=O)c2ccc3c(c2)OCO3)c1. The molecule has 0 saturated heterocycles. The number of hydrogen-bond donors (Lipinski definition) is 1. The van der Waals surface area contributed by atoms with E-state index in [0.717, 1.165) is 5.56 Å². The van der Waals surface area contributed by atoms with E-state index in [0.29, 0.717) is 29.4 Å². The minimum atomic E-state index is -0.330.